The fourth-order valence-corrected chi connectivity index (χ4v) is 2.33. The third kappa shape index (κ3) is 5.19. The SMILES string of the molecule is COc1cccc(OCCCNC(=O)c2cc(Cl)c(N)cc2OC)c1. The van der Waals surface area contributed by atoms with Gasteiger partial charge in [-0.3, -0.25) is 4.79 Å². The topological polar surface area (TPSA) is 82.8 Å². The van der Waals surface area contributed by atoms with Gasteiger partial charge < -0.3 is 25.3 Å². The molecule has 0 saturated heterocycles. The highest BCUT2D eigenvalue weighted by molar-refractivity contribution is 6.33. The lowest BCUT2D eigenvalue weighted by atomic mass is 10.1. The quantitative estimate of drug-likeness (QED) is 0.555. The van der Waals surface area contributed by atoms with Crippen LogP contribution < -0.4 is 25.3 Å². The fraction of sp³-hybridized carbons (Fsp3) is 0.278. The van der Waals surface area contributed by atoms with Gasteiger partial charge in [0.2, 0.25) is 0 Å². The number of ether oxygens (including phenoxy) is 3. The lowest BCUT2D eigenvalue weighted by Crippen LogP contribution is -2.26. The van der Waals surface area contributed by atoms with E-state index in [4.69, 9.17) is 31.5 Å². The van der Waals surface area contributed by atoms with Crippen LogP contribution in [0.1, 0.15) is 16.8 Å². The first kappa shape index (κ1) is 18.7. The minimum atomic E-state index is -0.278. The van der Waals surface area contributed by atoms with Crippen LogP contribution in [0.3, 0.4) is 0 Å². The highest BCUT2D eigenvalue weighted by Gasteiger charge is 2.14. The number of nitrogen functional groups attached to an aromatic ring is 1. The molecular weight excluding hydrogens is 344 g/mol. The molecule has 0 unspecified atom stereocenters. The van der Waals surface area contributed by atoms with Crippen LogP contribution in [0.15, 0.2) is 36.4 Å². The Balaban J connectivity index is 1.82. The number of hydrogen-bond donors (Lipinski definition) is 2. The summed E-state index contributed by atoms with van der Waals surface area (Å²) >= 11 is 5.97. The number of rotatable bonds is 8. The van der Waals surface area contributed by atoms with Gasteiger partial charge in [0.1, 0.15) is 17.2 Å². The average molecular weight is 365 g/mol. The number of methoxy groups -OCH3 is 2. The maximum absolute atomic E-state index is 12.3. The Morgan fingerprint density at radius 3 is 2.64 bits per heavy atom. The Morgan fingerprint density at radius 2 is 1.92 bits per heavy atom. The van der Waals surface area contributed by atoms with Gasteiger partial charge >= 0.3 is 0 Å². The number of hydrogen-bond acceptors (Lipinski definition) is 5. The summed E-state index contributed by atoms with van der Waals surface area (Å²) in [5, 5.41) is 3.12. The molecule has 6 nitrogen and oxygen atoms in total. The van der Waals surface area contributed by atoms with E-state index < -0.39 is 0 Å². The second-order valence-electron chi connectivity index (χ2n) is 5.21. The zero-order valence-electron chi connectivity index (χ0n) is 14.2. The van der Waals surface area contributed by atoms with Crippen molar-refractivity contribution in [2.45, 2.75) is 6.42 Å². The largest absolute Gasteiger partial charge is 0.497 e. The van der Waals surface area contributed by atoms with E-state index in [9.17, 15) is 4.79 Å². The van der Waals surface area contributed by atoms with Gasteiger partial charge in [-0.2, -0.15) is 0 Å². The van der Waals surface area contributed by atoms with Gasteiger partial charge in [-0.1, -0.05) is 17.7 Å². The Bertz CT molecular complexity index is 737. The van der Waals surface area contributed by atoms with Crippen molar-refractivity contribution in [3.63, 3.8) is 0 Å². The molecule has 25 heavy (non-hydrogen) atoms. The van der Waals surface area contributed by atoms with Crippen LogP contribution in [0.4, 0.5) is 5.69 Å². The van der Waals surface area contributed by atoms with E-state index in [-0.39, 0.29) is 5.91 Å². The Labute approximate surface area is 151 Å². The first-order valence-electron chi connectivity index (χ1n) is 7.73. The van der Waals surface area contributed by atoms with Crippen LogP contribution in [-0.2, 0) is 0 Å². The molecule has 2 aromatic carbocycles. The first-order chi connectivity index (χ1) is 12.0. The number of carbonyl (C=O) groups is 1. The predicted octanol–water partition coefficient (Wildman–Crippen LogP) is 3.14. The number of halogens is 1. The van der Waals surface area contributed by atoms with Crippen molar-refractivity contribution in [1.82, 2.24) is 5.32 Å². The normalized spacial score (nSPS) is 10.2. The molecule has 2 aromatic rings. The van der Waals surface area contributed by atoms with E-state index in [1.54, 1.807) is 13.2 Å². The standard InChI is InChI=1S/C18H21ClN2O4/c1-23-12-5-3-6-13(9-12)25-8-4-7-21-18(22)14-10-15(19)16(20)11-17(14)24-2/h3,5-6,9-11H,4,7-8,20H2,1-2H3,(H,21,22). The van der Waals surface area contributed by atoms with Gasteiger partial charge in [0.05, 0.1) is 37.1 Å². The molecule has 0 bridgehead atoms. The Kier molecular flexibility index (Phi) is 6.77. The summed E-state index contributed by atoms with van der Waals surface area (Å²) in [6.07, 6.45) is 0.647. The molecule has 0 saturated carbocycles. The Morgan fingerprint density at radius 1 is 1.16 bits per heavy atom. The molecule has 0 spiro atoms. The van der Waals surface area contributed by atoms with Crippen molar-refractivity contribution >= 4 is 23.2 Å². The number of amides is 1. The molecule has 7 heteroatoms. The van der Waals surface area contributed by atoms with E-state index in [0.29, 0.717) is 41.6 Å². The average Bonchev–Trinajstić information content (AvgIpc) is 2.63. The van der Waals surface area contributed by atoms with E-state index >= 15 is 0 Å². The van der Waals surface area contributed by atoms with Gasteiger partial charge in [0, 0.05) is 18.7 Å². The first-order valence-corrected chi connectivity index (χ1v) is 8.11. The summed E-state index contributed by atoms with van der Waals surface area (Å²) in [4.78, 5) is 12.3. The lowest BCUT2D eigenvalue weighted by Gasteiger charge is -2.11. The molecule has 0 fully saturated rings. The number of anilines is 1. The highest BCUT2D eigenvalue weighted by Crippen LogP contribution is 2.28. The number of carbonyl (C=O) groups excluding carboxylic acids is 1. The third-order valence-electron chi connectivity index (χ3n) is 3.48. The van der Waals surface area contributed by atoms with Crippen molar-refractivity contribution in [3.8, 4) is 17.2 Å². The van der Waals surface area contributed by atoms with E-state index in [1.165, 1.54) is 19.2 Å². The van der Waals surface area contributed by atoms with Crippen LogP contribution in [-0.4, -0.2) is 33.3 Å². The molecule has 0 aliphatic carbocycles. The molecule has 1 amide bonds. The van der Waals surface area contributed by atoms with Crippen molar-refractivity contribution < 1.29 is 19.0 Å². The fourth-order valence-electron chi connectivity index (χ4n) is 2.17. The zero-order chi connectivity index (χ0) is 18.2. The van der Waals surface area contributed by atoms with Crippen LogP contribution in [0.25, 0.3) is 0 Å². The van der Waals surface area contributed by atoms with Crippen LogP contribution in [0.2, 0.25) is 5.02 Å². The third-order valence-corrected chi connectivity index (χ3v) is 3.81. The minimum absolute atomic E-state index is 0.278. The highest BCUT2D eigenvalue weighted by atomic mass is 35.5. The van der Waals surface area contributed by atoms with Gasteiger partial charge in [-0.05, 0) is 24.6 Å². The van der Waals surface area contributed by atoms with Crippen LogP contribution in [0, 0.1) is 0 Å². The number of benzene rings is 2. The molecule has 3 N–H and O–H groups in total. The molecule has 2 rings (SSSR count). The molecular formula is C18H21ClN2O4. The maximum atomic E-state index is 12.3. The summed E-state index contributed by atoms with van der Waals surface area (Å²) < 4.78 is 15.9. The van der Waals surface area contributed by atoms with E-state index in [1.807, 2.05) is 18.2 Å². The summed E-state index contributed by atoms with van der Waals surface area (Å²) in [7, 11) is 3.08. The summed E-state index contributed by atoms with van der Waals surface area (Å²) in [5.74, 6) is 1.56. The molecule has 0 aromatic heterocycles. The van der Waals surface area contributed by atoms with Crippen molar-refractivity contribution in [1.29, 1.82) is 0 Å². The molecule has 0 aliphatic heterocycles. The van der Waals surface area contributed by atoms with E-state index in [2.05, 4.69) is 5.32 Å². The van der Waals surface area contributed by atoms with Gasteiger partial charge in [0.25, 0.3) is 5.91 Å². The summed E-state index contributed by atoms with van der Waals surface area (Å²) in [5.41, 5.74) is 6.42. The predicted molar refractivity (Wildman–Crippen MR) is 97.9 cm³/mol. The van der Waals surface area contributed by atoms with Crippen molar-refractivity contribution in [2.24, 2.45) is 0 Å². The van der Waals surface area contributed by atoms with Crippen molar-refractivity contribution in [2.75, 3.05) is 33.1 Å². The smallest absolute Gasteiger partial charge is 0.255 e. The lowest BCUT2D eigenvalue weighted by molar-refractivity contribution is 0.0948. The molecule has 134 valence electrons. The number of nitrogens with two attached hydrogens (primary N) is 1. The number of nitrogens with one attached hydrogen (secondary N) is 1. The maximum Gasteiger partial charge on any atom is 0.255 e. The van der Waals surface area contributed by atoms with E-state index in [0.717, 1.165) is 11.5 Å². The van der Waals surface area contributed by atoms with Crippen LogP contribution in [0.5, 0.6) is 17.2 Å². The molecule has 0 heterocycles. The van der Waals surface area contributed by atoms with Gasteiger partial charge in [-0.15, -0.1) is 0 Å². The molecule has 0 atom stereocenters. The minimum Gasteiger partial charge on any atom is -0.497 e. The van der Waals surface area contributed by atoms with Crippen LogP contribution >= 0.6 is 11.6 Å². The molecule has 0 radical (unpaired) electrons. The molecule has 0 aliphatic rings. The zero-order valence-corrected chi connectivity index (χ0v) is 14.9. The second kappa shape index (κ2) is 9.03. The van der Waals surface area contributed by atoms with Gasteiger partial charge in [-0.25, -0.2) is 0 Å². The summed E-state index contributed by atoms with van der Waals surface area (Å²) in [6, 6.07) is 10.4. The van der Waals surface area contributed by atoms with Crippen molar-refractivity contribution in [3.05, 3.63) is 47.0 Å². The summed E-state index contributed by atoms with van der Waals surface area (Å²) in [6.45, 7) is 0.918. The second-order valence-corrected chi connectivity index (χ2v) is 5.62. The Hall–Kier alpha value is -2.60. The van der Waals surface area contributed by atoms with Gasteiger partial charge in [0.15, 0.2) is 0 Å². The monoisotopic (exact) mass is 364 g/mol.